The number of carbonyl (C=O) groups is 1. The zero-order valence-corrected chi connectivity index (χ0v) is 14.8. The maximum Gasteiger partial charge on any atom is 0.573 e. The molecule has 0 aromatic heterocycles. The number of methoxy groups -OCH3 is 2. The van der Waals surface area contributed by atoms with Gasteiger partial charge in [-0.15, -0.1) is 24.9 Å². The Morgan fingerprint density at radius 1 is 1.36 bits per heavy atom. The van der Waals surface area contributed by atoms with E-state index >= 15 is 0 Å². The van der Waals surface area contributed by atoms with Crippen molar-refractivity contribution in [1.29, 1.82) is 0 Å². The number of hydrogen-bond acceptors (Lipinski definition) is 6. The van der Waals surface area contributed by atoms with Gasteiger partial charge in [-0.2, -0.15) is 0 Å². The molecule has 9 heteroatoms. The molecule has 0 N–H and O–H groups in total. The normalized spacial score (nSPS) is 17.2. The number of nitrogens with zero attached hydrogens (tertiary/aromatic N) is 1. The standard InChI is InChI=1S/C16H18F3NO4S/c1-4-5-9-6-10(14-20-11(8-25-14)15(21)23-3)7-12(13(9)22-2)24-16(17,18)19/h6-7,11H,4-5,8H2,1-3H3/t11-/m1/s1. The van der Waals surface area contributed by atoms with Crippen molar-refractivity contribution in [2.75, 3.05) is 20.0 Å². The maximum absolute atomic E-state index is 12.7. The van der Waals surface area contributed by atoms with E-state index in [0.717, 1.165) is 6.42 Å². The third-order valence-electron chi connectivity index (χ3n) is 3.45. The van der Waals surface area contributed by atoms with E-state index in [2.05, 4.69) is 14.5 Å². The molecule has 0 unspecified atom stereocenters. The molecule has 2 rings (SSSR count). The Kier molecular flexibility index (Phi) is 6.21. The number of aryl methyl sites for hydroxylation is 1. The molecule has 1 aromatic carbocycles. The number of alkyl halides is 3. The number of aliphatic imine (C=N–C) groups is 1. The Bertz CT molecular complexity index is 676. The molecule has 1 aliphatic heterocycles. The van der Waals surface area contributed by atoms with Crippen molar-refractivity contribution in [2.24, 2.45) is 4.99 Å². The van der Waals surface area contributed by atoms with E-state index in [9.17, 15) is 18.0 Å². The fraction of sp³-hybridized carbons (Fsp3) is 0.500. The van der Waals surface area contributed by atoms with Crippen molar-refractivity contribution in [3.8, 4) is 11.5 Å². The van der Waals surface area contributed by atoms with Crippen LogP contribution in [-0.4, -0.2) is 43.4 Å². The average molecular weight is 377 g/mol. The van der Waals surface area contributed by atoms with Gasteiger partial charge in [0.2, 0.25) is 0 Å². The fourth-order valence-electron chi connectivity index (χ4n) is 2.46. The van der Waals surface area contributed by atoms with Crippen LogP contribution in [0.3, 0.4) is 0 Å². The summed E-state index contributed by atoms with van der Waals surface area (Å²) in [5, 5.41) is 0.474. The van der Waals surface area contributed by atoms with Crippen molar-refractivity contribution in [3.05, 3.63) is 23.3 Å². The summed E-state index contributed by atoms with van der Waals surface area (Å²) in [6.45, 7) is 1.91. The molecule has 0 bridgehead atoms. The molecule has 1 aromatic rings. The molecule has 0 amide bonds. The average Bonchev–Trinajstić information content (AvgIpc) is 3.02. The molecule has 1 atom stereocenters. The first-order chi connectivity index (χ1) is 11.8. The minimum absolute atomic E-state index is 0.0519. The highest BCUT2D eigenvalue weighted by molar-refractivity contribution is 8.14. The van der Waals surface area contributed by atoms with E-state index in [0.29, 0.717) is 28.3 Å². The van der Waals surface area contributed by atoms with Gasteiger partial charge >= 0.3 is 12.3 Å². The van der Waals surface area contributed by atoms with Crippen molar-refractivity contribution >= 4 is 22.8 Å². The minimum Gasteiger partial charge on any atom is -0.493 e. The van der Waals surface area contributed by atoms with E-state index in [1.165, 1.54) is 32.0 Å². The van der Waals surface area contributed by atoms with E-state index in [4.69, 9.17) is 4.74 Å². The van der Waals surface area contributed by atoms with Gasteiger partial charge in [0.05, 0.1) is 19.3 Å². The first-order valence-corrected chi connectivity index (χ1v) is 8.53. The second-order valence-corrected chi connectivity index (χ2v) is 6.26. The van der Waals surface area contributed by atoms with E-state index < -0.39 is 24.1 Å². The van der Waals surface area contributed by atoms with E-state index in [1.54, 1.807) is 6.07 Å². The predicted molar refractivity (Wildman–Crippen MR) is 88.5 cm³/mol. The molecule has 5 nitrogen and oxygen atoms in total. The third-order valence-corrected chi connectivity index (χ3v) is 4.55. The number of esters is 1. The summed E-state index contributed by atoms with van der Waals surface area (Å²) >= 11 is 1.29. The van der Waals surface area contributed by atoms with Gasteiger partial charge in [0.15, 0.2) is 17.5 Å². The lowest BCUT2D eigenvalue weighted by molar-refractivity contribution is -0.275. The van der Waals surface area contributed by atoms with Gasteiger partial charge in [0, 0.05) is 11.3 Å². The SMILES string of the molecule is CCCc1cc(C2=N[C@@H](C(=O)OC)CS2)cc(OC(F)(F)F)c1OC. The first-order valence-electron chi connectivity index (χ1n) is 7.54. The van der Waals surface area contributed by atoms with Gasteiger partial charge in [-0.1, -0.05) is 13.3 Å². The Morgan fingerprint density at radius 2 is 2.08 bits per heavy atom. The minimum atomic E-state index is -4.84. The number of benzene rings is 1. The van der Waals surface area contributed by atoms with Crippen LogP contribution in [0.1, 0.15) is 24.5 Å². The van der Waals surface area contributed by atoms with Crippen molar-refractivity contribution in [2.45, 2.75) is 32.2 Å². The molecule has 25 heavy (non-hydrogen) atoms. The van der Waals surface area contributed by atoms with Gasteiger partial charge < -0.3 is 14.2 Å². The van der Waals surface area contributed by atoms with Crippen LogP contribution in [0.25, 0.3) is 0 Å². The summed E-state index contributed by atoms with van der Waals surface area (Å²) < 4.78 is 52.1. The highest BCUT2D eigenvalue weighted by Gasteiger charge is 2.34. The second-order valence-electron chi connectivity index (χ2n) is 5.25. The highest BCUT2D eigenvalue weighted by Crippen LogP contribution is 2.38. The molecule has 0 aliphatic carbocycles. The van der Waals surface area contributed by atoms with Crippen LogP contribution in [0.4, 0.5) is 13.2 Å². The summed E-state index contributed by atoms with van der Waals surface area (Å²) in [5.74, 6) is -0.458. The molecule has 1 aliphatic rings. The lowest BCUT2D eigenvalue weighted by atomic mass is 10.0. The van der Waals surface area contributed by atoms with Gasteiger partial charge in [0.1, 0.15) is 0 Å². The third kappa shape index (κ3) is 4.81. The van der Waals surface area contributed by atoms with Crippen molar-refractivity contribution in [3.63, 3.8) is 0 Å². The Labute approximate surface area is 147 Å². The molecular formula is C16H18F3NO4S. The second kappa shape index (κ2) is 7.99. The zero-order chi connectivity index (χ0) is 18.6. The number of halogens is 3. The summed E-state index contributed by atoms with van der Waals surface area (Å²) in [7, 11) is 2.56. The molecule has 0 saturated heterocycles. The van der Waals surface area contributed by atoms with Crippen LogP contribution in [0.15, 0.2) is 17.1 Å². The summed E-state index contributed by atoms with van der Waals surface area (Å²) in [5.41, 5.74) is 1.05. The Balaban J connectivity index is 2.46. The monoisotopic (exact) mass is 377 g/mol. The van der Waals surface area contributed by atoms with Crippen molar-refractivity contribution < 1.29 is 32.2 Å². The van der Waals surface area contributed by atoms with Gasteiger partial charge in [-0.25, -0.2) is 4.79 Å². The Hall–Kier alpha value is -1.90. The maximum atomic E-state index is 12.7. The first kappa shape index (κ1) is 19.4. The van der Waals surface area contributed by atoms with Gasteiger partial charge in [-0.3, -0.25) is 4.99 Å². The highest BCUT2D eigenvalue weighted by atomic mass is 32.2. The number of ether oxygens (including phenoxy) is 3. The molecular weight excluding hydrogens is 359 g/mol. The van der Waals surface area contributed by atoms with Crippen LogP contribution >= 0.6 is 11.8 Å². The molecule has 0 saturated carbocycles. The topological polar surface area (TPSA) is 57.1 Å². The number of rotatable bonds is 6. The van der Waals surface area contributed by atoms with Crippen molar-refractivity contribution in [1.82, 2.24) is 0 Å². The predicted octanol–water partition coefficient (Wildman–Crippen LogP) is 3.58. The van der Waals surface area contributed by atoms with E-state index in [1.807, 2.05) is 6.92 Å². The van der Waals surface area contributed by atoms with Crippen LogP contribution in [0, 0.1) is 0 Å². The number of thioether (sulfide) groups is 1. The van der Waals surface area contributed by atoms with Gasteiger partial charge in [-0.05, 0) is 24.1 Å². The zero-order valence-electron chi connectivity index (χ0n) is 14.0. The molecule has 138 valence electrons. The summed E-state index contributed by atoms with van der Waals surface area (Å²) in [6.07, 6.45) is -3.60. The molecule has 1 heterocycles. The quantitative estimate of drug-likeness (QED) is 0.710. The number of hydrogen-bond donors (Lipinski definition) is 0. The Morgan fingerprint density at radius 3 is 2.64 bits per heavy atom. The largest absolute Gasteiger partial charge is 0.573 e. The van der Waals surface area contributed by atoms with Crippen LogP contribution in [0.2, 0.25) is 0 Å². The smallest absolute Gasteiger partial charge is 0.493 e. The molecule has 0 fully saturated rings. The summed E-state index contributed by atoms with van der Waals surface area (Å²) in [6, 6.07) is 2.29. The van der Waals surface area contributed by atoms with Crippen LogP contribution < -0.4 is 9.47 Å². The van der Waals surface area contributed by atoms with Crippen LogP contribution in [-0.2, 0) is 16.0 Å². The van der Waals surface area contributed by atoms with Gasteiger partial charge in [0.25, 0.3) is 0 Å². The van der Waals surface area contributed by atoms with Crippen LogP contribution in [0.5, 0.6) is 11.5 Å². The molecule has 0 radical (unpaired) electrons. The lowest BCUT2D eigenvalue weighted by Crippen LogP contribution is -2.19. The lowest BCUT2D eigenvalue weighted by Gasteiger charge is -2.17. The van der Waals surface area contributed by atoms with E-state index in [-0.39, 0.29) is 5.75 Å². The molecule has 0 spiro atoms. The summed E-state index contributed by atoms with van der Waals surface area (Å²) in [4.78, 5) is 15.8. The number of carbonyl (C=O) groups excluding carboxylic acids is 1. The fourth-order valence-corrected chi connectivity index (χ4v) is 3.47.